The first-order valence-electron chi connectivity index (χ1n) is 7.78. The quantitative estimate of drug-likeness (QED) is 0.507. The second-order valence-corrected chi connectivity index (χ2v) is 5.17. The van der Waals surface area contributed by atoms with E-state index in [-0.39, 0.29) is 30.8 Å². The summed E-state index contributed by atoms with van der Waals surface area (Å²) in [5.74, 6) is -3.41. The molecule has 0 fully saturated rings. The van der Waals surface area contributed by atoms with Crippen molar-refractivity contribution < 1.29 is 33.4 Å². The van der Waals surface area contributed by atoms with Gasteiger partial charge in [-0.05, 0) is 32.0 Å². The summed E-state index contributed by atoms with van der Waals surface area (Å²) < 4.78 is 18.8. The van der Waals surface area contributed by atoms with Crippen molar-refractivity contribution in [3.05, 3.63) is 29.6 Å². The highest BCUT2D eigenvalue weighted by molar-refractivity contribution is 5.97. The zero-order valence-corrected chi connectivity index (χ0v) is 14.3. The maximum atomic E-state index is 14.1. The monoisotopic (exact) mass is 369 g/mol. The van der Waals surface area contributed by atoms with E-state index >= 15 is 0 Å². The molecule has 0 radical (unpaired) electrons. The Hall–Kier alpha value is -3.17. The minimum atomic E-state index is -1.07. The molecule has 0 aliphatic heterocycles. The Balaban J connectivity index is 2.66. The predicted molar refractivity (Wildman–Crippen MR) is 89.2 cm³/mol. The van der Waals surface area contributed by atoms with E-state index in [0.717, 1.165) is 12.1 Å². The maximum absolute atomic E-state index is 14.1. The molecule has 0 bridgehead atoms. The highest BCUT2D eigenvalue weighted by Crippen LogP contribution is 2.15. The second-order valence-electron chi connectivity index (χ2n) is 5.17. The van der Waals surface area contributed by atoms with Gasteiger partial charge in [-0.1, -0.05) is 0 Å². The normalized spacial score (nSPS) is 11.2. The minimum absolute atomic E-state index is 0.0744. The number of carboxylic acids is 1. The molecule has 3 amide bonds. The number of hydrogen-bond acceptors (Lipinski definition) is 5. The summed E-state index contributed by atoms with van der Waals surface area (Å²) >= 11 is 0. The molecule has 0 aliphatic rings. The van der Waals surface area contributed by atoms with Gasteiger partial charge in [0.05, 0.1) is 18.6 Å². The van der Waals surface area contributed by atoms with Crippen molar-refractivity contribution in [3.63, 3.8) is 0 Å². The molecular formula is C16H20FN3O6. The Kier molecular flexibility index (Phi) is 8.00. The van der Waals surface area contributed by atoms with Crippen molar-refractivity contribution in [1.29, 1.82) is 0 Å². The van der Waals surface area contributed by atoms with E-state index in [1.165, 1.54) is 13.0 Å². The van der Waals surface area contributed by atoms with Gasteiger partial charge in [0.15, 0.2) is 0 Å². The molecule has 0 saturated heterocycles. The number of rotatable bonds is 8. The van der Waals surface area contributed by atoms with Crippen LogP contribution in [0.4, 0.5) is 14.9 Å². The van der Waals surface area contributed by atoms with E-state index in [0.29, 0.717) is 0 Å². The van der Waals surface area contributed by atoms with Gasteiger partial charge in [0, 0.05) is 12.2 Å². The molecule has 1 unspecified atom stereocenters. The standard InChI is InChI=1S/C16H20FN3O6/c1-3-26-15(24)9(2)19-14(23)11-5-4-10(8-12(11)17)20-16(25)18-7-6-13(21)22/h4-5,8-9H,3,6-7H2,1-2H3,(H,19,23)(H,21,22)(H2,18,20,25). The molecule has 0 spiro atoms. The van der Waals surface area contributed by atoms with Crippen molar-refractivity contribution >= 4 is 29.6 Å². The average molecular weight is 369 g/mol. The lowest BCUT2D eigenvalue weighted by atomic mass is 10.1. The summed E-state index contributed by atoms with van der Waals surface area (Å²) in [5, 5.41) is 15.4. The first kappa shape index (κ1) is 20.9. The van der Waals surface area contributed by atoms with Crippen molar-refractivity contribution in [3.8, 4) is 0 Å². The molecule has 142 valence electrons. The summed E-state index contributed by atoms with van der Waals surface area (Å²) in [4.78, 5) is 45.4. The Morgan fingerprint density at radius 1 is 1.27 bits per heavy atom. The van der Waals surface area contributed by atoms with Gasteiger partial charge >= 0.3 is 18.0 Å². The number of aliphatic carboxylic acids is 1. The molecular weight excluding hydrogens is 349 g/mol. The summed E-state index contributed by atoms with van der Waals surface area (Å²) in [5.41, 5.74) is -0.233. The number of urea groups is 1. The van der Waals surface area contributed by atoms with Gasteiger partial charge in [-0.2, -0.15) is 0 Å². The number of amides is 3. The van der Waals surface area contributed by atoms with E-state index in [9.17, 15) is 23.6 Å². The highest BCUT2D eigenvalue weighted by atomic mass is 19.1. The first-order chi connectivity index (χ1) is 12.2. The summed E-state index contributed by atoms with van der Waals surface area (Å²) in [7, 11) is 0. The van der Waals surface area contributed by atoms with E-state index in [1.54, 1.807) is 6.92 Å². The third-order valence-corrected chi connectivity index (χ3v) is 3.08. The van der Waals surface area contributed by atoms with Crippen LogP contribution < -0.4 is 16.0 Å². The van der Waals surface area contributed by atoms with Crippen molar-refractivity contribution in [2.24, 2.45) is 0 Å². The number of benzene rings is 1. The Labute approximate surface area is 148 Å². The molecule has 4 N–H and O–H groups in total. The van der Waals surface area contributed by atoms with E-state index < -0.39 is 35.7 Å². The SMILES string of the molecule is CCOC(=O)C(C)NC(=O)c1ccc(NC(=O)NCCC(=O)O)cc1F. The largest absolute Gasteiger partial charge is 0.481 e. The van der Waals surface area contributed by atoms with Crippen LogP contribution >= 0.6 is 0 Å². The number of anilines is 1. The van der Waals surface area contributed by atoms with Crippen LogP contribution in [0.5, 0.6) is 0 Å². The fourth-order valence-corrected chi connectivity index (χ4v) is 1.84. The van der Waals surface area contributed by atoms with E-state index in [4.69, 9.17) is 9.84 Å². The van der Waals surface area contributed by atoms with Gasteiger partial charge in [-0.15, -0.1) is 0 Å². The third kappa shape index (κ3) is 6.75. The lowest BCUT2D eigenvalue weighted by Crippen LogP contribution is -2.39. The van der Waals surface area contributed by atoms with Crippen molar-refractivity contribution in [2.45, 2.75) is 26.3 Å². The summed E-state index contributed by atoms with van der Waals surface area (Å²) in [6.07, 6.45) is -0.250. The maximum Gasteiger partial charge on any atom is 0.328 e. The van der Waals surface area contributed by atoms with Crippen LogP contribution in [-0.2, 0) is 14.3 Å². The van der Waals surface area contributed by atoms with Crippen molar-refractivity contribution in [2.75, 3.05) is 18.5 Å². The fraction of sp³-hybridized carbons (Fsp3) is 0.375. The number of ether oxygens (including phenoxy) is 1. The molecule has 1 atom stereocenters. The van der Waals surface area contributed by atoms with Crippen LogP contribution in [0.15, 0.2) is 18.2 Å². The number of carbonyl (C=O) groups excluding carboxylic acids is 3. The van der Waals surface area contributed by atoms with Crippen LogP contribution in [0.1, 0.15) is 30.6 Å². The third-order valence-electron chi connectivity index (χ3n) is 3.08. The smallest absolute Gasteiger partial charge is 0.328 e. The average Bonchev–Trinajstić information content (AvgIpc) is 2.54. The van der Waals surface area contributed by atoms with Crippen molar-refractivity contribution in [1.82, 2.24) is 10.6 Å². The Bertz CT molecular complexity index is 695. The summed E-state index contributed by atoms with van der Waals surface area (Å²) in [6.45, 7) is 3.10. The van der Waals surface area contributed by atoms with E-state index in [1.807, 2.05) is 0 Å². The summed E-state index contributed by atoms with van der Waals surface area (Å²) in [6, 6.07) is 1.72. The molecule has 0 heterocycles. The van der Waals surface area contributed by atoms with Gasteiger partial charge in [-0.25, -0.2) is 14.0 Å². The van der Waals surface area contributed by atoms with Crippen LogP contribution in [0.2, 0.25) is 0 Å². The lowest BCUT2D eigenvalue weighted by molar-refractivity contribution is -0.145. The van der Waals surface area contributed by atoms with Crippen LogP contribution in [0.3, 0.4) is 0 Å². The molecule has 10 heteroatoms. The number of halogens is 1. The molecule has 0 aliphatic carbocycles. The molecule has 1 rings (SSSR count). The topological polar surface area (TPSA) is 134 Å². The molecule has 1 aromatic rings. The number of nitrogens with one attached hydrogen (secondary N) is 3. The lowest BCUT2D eigenvalue weighted by Gasteiger charge is -2.13. The van der Waals surface area contributed by atoms with Gasteiger partial charge in [0.1, 0.15) is 11.9 Å². The Morgan fingerprint density at radius 2 is 1.96 bits per heavy atom. The first-order valence-corrected chi connectivity index (χ1v) is 7.78. The fourth-order valence-electron chi connectivity index (χ4n) is 1.84. The van der Waals surface area contributed by atoms with Gasteiger partial charge in [-0.3, -0.25) is 9.59 Å². The Morgan fingerprint density at radius 3 is 2.54 bits per heavy atom. The predicted octanol–water partition coefficient (Wildman–Crippen LogP) is 1.10. The highest BCUT2D eigenvalue weighted by Gasteiger charge is 2.20. The minimum Gasteiger partial charge on any atom is -0.481 e. The van der Waals surface area contributed by atoms with Gasteiger partial charge in [0.25, 0.3) is 5.91 Å². The zero-order chi connectivity index (χ0) is 19.7. The van der Waals surface area contributed by atoms with E-state index in [2.05, 4.69) is 16.0 Å². The number of carboxylic acid groups (broad SMARTS) is 1. The molecule has 0 saturated carbocycles. The number of hydrogen-bond donors (Lipinski definition) is 4. The van der Waals surface area contributed by atoms with Crippen LogP contribution in [0, 0.1) is 5.82 Å². The van der Waals surface area contributed by atoms with Crippen LogP contribution in [-0.4, -0.2) is 48.2 Å². The van der Waals surface area contributed by atoms with Gasteiger partial charge in [0.2, 0.25) is 0 Å². The number of esters is 1. The molecule has 0 aromatic heterocycles. The molecule has 26 heavy (non-hydrogen) atoms. The van der Waals surface area contributed by atoms with Crippen LogP contribution in [0.25, 0.3) is 0 Å². The number of carbonyl (C=O) groups is 4. The second kappa shape index (κ2) is 9.97. The zero-order valence-electron chi connectivity index (χ0n) is 14.3. The van der Waals surface area contributed by atoms with Gasteiger partial charge < -0.3 is 25.8 Å². The molecule has 1 aromatic carbocycles. The molecule has 9 nitrogen and oxygen atoms in total.